The van der Waals surface area contributed by atoms with Crippen LogP contribution in [0.3, 0.4) is 0 Å². The Bertz CT molecular complexity index is 1320. The lowest BCUT2D eigenvalue weighted by Crippen LogP contribution is -2.20. The van der Waals surface area contributed by atoms with Crippen LogP contribution in [0.15, 0.2) is 77.2 Å². The Morgan fingerprint density at radius 3 is 2.38 bits per heavy atom. The number of ether oxygens (including phenoxy) is 3. The average Bonchev–Trinajstić information content (AvgIpc) is 3.36. The normalized spacial score (nSPS) is 10.6. The molecule has 192 valence electrons. The number of nitrogens with one attached hydrogen (secondary N) is 1. The van der Waals surface area contributed by atoms with Crippen LogP contribution in [0.5, 0.6) is 17.2 Å². The van der Waals surface area contributed by atoms with Gasteiger partial charge in [-0.25, -0.2) is 5.43 Å². The zero-order valence-electron chi connectivity index (χ0n) is 20.4. The van der Waals surface area contributed by atoms with Crippen molar-refractivity contribution in [2.24, 2.45) is 5.10 Å². The van der Waals surface area contributed by atoms with Crippen LogP contribution in [0.25, 0.3) is 17.1 Å². The predicted octanol–water partition coefficient (Wildman–Crippen LogP) is 2.77. The first-order chi connectivity index (χ1) is 17.6. The quantitative estimate of drug-likeness (QED) is 0.190. The van der Waals surface area contributed by atoms with Gasteiger partial charge in [0.05, 0.1) is 33.3 Å². The summed E-state index contributed by atoms with van der Waals surface area (Å²) in [6.07, 6.45) is 4.85. The van der Waals surface area contributed by atoms with Gasteiger partial charge in [0.25, 0.3) is 5.91 Å². The van der Waals surface area contributed by atoms with E-state index in [-0.39, 0.29) is 17.1 Å². The number of para-hydroxylation sites is 1. The van der Waals surface area contributed by atoms with Crippen LogP contribution in [0.2, 0.25) is 0 Å². The Balaban J connectivity index is 0.00000380. The number of hydrogen-bond donors (Lipinski definition) is 1. The second kappa shape index (κ2) is 13.0. The summed E-state index contributed by atoms with van der Waals surface area (Å²) < 4.78 is 18.3. The Labute approximate surface area is 217 Å². The lowest BCUT2D eigenvalue weighted by atomic mass is 10.1. The Hall–Kier alpha value is -4.42. The Morgan fingerprint density at radius 2 is 1.76 bits per heavy atom. The van der Waals surface area contributed by atoms with Crippen molar-refractivity contribution in [2.45, 2.75) is 5.16 Å². The maximum atomic E-state index is 12.4. The first-order valence-electron chi connectivity index (χ1n) is 10.8. The van der Waals surface area contributed by atoms with E-state index in [1.165, 1.54) is 18.0 Å². The molecule has 0 aliphatic carbocycles. The van der Waals surface area contributed by atoms with Crippen molar-refractivity contribution in [1.82, 2.24) is 25.2 Å². The molecule has 0 unspecified atom stereocenters. The number of amides is 1. The number of methoxy groups -OCH3 is 3. The summed E-state index contributed by atoms with van der Waals surface area (Å²) in [6.45, 7) is 0. The van der Waals surface area contributed by atoms with Gasteiger partial charge in [-0.05, 0) is 30.3 Å². The number of carbonyl (C=O) groups is 1. The number of aromatic nitrogens is 4. The molecule has 0 radical (unpaired) electrons. The third-order valence-corrected chi connectivity index (χ3v) is 5.92. The molecular formula is C25H26N6O5S. The highest BCUT2D eigenvalue weighted by atomic mass is 32.2. The zero-order chi connectivity index (χ0) is 25.3. The van der Waals surface area contributed by atoms with Crippen LogP contribution < -0.4 is 19.6 Å². The molecule has 0 spiro atoms. The van der Waals surface area contributed by atoms with Gasteiger partial charge in [0.15, 0.2) is 22.5 Å². The van der Waals surface area contributed by atoms with E-state index in [2.05, 4.69) is 25.7 Å². The lowest BCUT2D eigenvalue weighted by molar-refractivity contribution is -0.118. The van der Waals surface area contributed by atoms with Crippen molar-refractivity contribution in [1.29, 1.82) is 0 Å². The van der Waals surface area contributed by atoms with Crippen molar-refractivity contribution < 1.29 is 24.5 Å². The fraction of sp³-hybridized carbons (Fsp3) is 0.160. The van der Waals surface area contributed by atoms with Crippen molar-refractivity contribution in [3.63, 3.8) is 0 Å². The topological polar surface area (TPSA) is 144 Å². The Kier molecular flexibility index (Phi) is 9.58. The monoisotopic (exact) mass is 522 g/mol. The number of carbonyl (C=O) groups excluding carboxylic acids is 1. The average molecular weight is 523 g/mol. The van der Waals surface area contributed by atoms with Crippen LogP contribution in [-0.4, -0.2) is 64.4 Å². The molecule has 4 aromatic rings. The van der Waals surface area contributed by atoms with Crippen molar-refractivity contribution in [3.05, 3.63) is 72.6 Å². The van der Waals surface area contributed by atoms with Crippen molar-refractivity contribution >= 4 is 23.9 Å². The molecule has 1 amide bonds. The van der Waals surface area contributed by atoms with Gasteiger partial charge >= 0.3 is 0 Å². The van der Waals surface area contributed by atoms with Gasteiger partial charge in [-0.2, -0.15) is 5.10 Å². The smallest absolute Gasteiger partial charge is 0.250 e. The first-order valence-corrected chi connectivity index (χ1v) is 11.8. The van der Waals surface area contributed by atoms with E-state index >= 15 is 0 Å². The van der Waals surface area contributed by atoms with E-state index in [1.54, 1.807) is 51.9 Å². The molecule has 2 heterocycles. The largest absolute Gasteiger partial charge is 0.493 e. The van der Waals surface area contributed by atoms with Gasteiger partial charge in [0.1, 0.15) is 0 Å². The van der Waals surface area contributed by atoms with Crippen molar-refractivity contribution in [2.75, 3.05) is 27.1 Å². The molecule has 0 atom stereocenters. The van der Waals surface area contributed by atoms with E-state index < -0.39 is 0 Å². The standard InChI is InChI=1S/C25H24N6O4S.H2O/c1-33-20-12-18(13-21(34-2)23(20)35-3)24-29-30-25(31(24)19-9-5-4-6-10-19)36-16-22(32)28-27-15-17-8-7-11-26-14-17;/h4-15H,16H2,1-3H3,(H,28,32);1H2/b27-15+;. The molecular weight excluding hydrogens is 496 g/mol. The van der Waals surface area contributed by atoms with E-state index in [4.69, 9.17) is 14.2 Å². The predicted molar refractivity (Wildman–Crippen MR) is 141 cm³/mol. The summed E-state index contributed by atoms with van der Waals surface area (Å²) in [4.78, 5) is 16.4. The van der Waals surface area contributed by atoms with E-state index in [0.717, 1.165) is 11.3 Å². The summed E-state index contributed by atoms with van der Waals surface area (Å²) in [5.74, 6) is 1.83. The SMILES string of the molecule is COc1cc(-c2nnc(SCC(=O)N/N=C/c3cccnc3)n2-c2ccccc2)cc(OC)c1OC.O. The number of hydrazone groups is 1. The van der Waals surface area contributed by atoms with Gasteiger partial charge in [-0.3, -0.25) is 14.3 Å². The molecule has 11 nitrogen and oxygen atoms in total. The summed E-state index contributed by atoms with van der Waals surface area (Å²) in [6, 6.07) is 16.9. The number of benzene rings is 2. The molecule has 2 aromatic heterocycles. The molecule has 4 rings (SSSR count). The van der Waals surface area contributed by atoms with Crippen LogP contribution in [-0.2, 0) is 4.79 Å². The number of thioether (sulfide) groups is 1. The lowest BCUT2D eigenvalue weighted by Gasteiger charge is -2.15. The molecule has 3 N–H and O–H groups in total. The number of nitrogens with zero attached hydrogens (tertiary/aromatic N) is 5. The minimum atomic E-state index is -0.280. The molecule has 12 heteroatoms. The number of hydrogen-bond acceptors (Lipinski definition) is 9. The molecule has 0 fully saturated rings. The van der Waals surface area contributed by atoms with Crippen LogP contribution in [0, 0.1) is 0 Å². The maximum Gasteiger partial charge on any atom is 0.250 e. The van der Waals surface area contributed by atoms with E-state index in [1.807, 2.05) is 41.0 Å². The first kappa shape index (κ1) is 27.2. The molecule has 0 aliphatic heterocycles. The van der Waals surface area contributed by atoms with Gasteiger partial charge in [-0.1, -0.05) is 36.0 Å². The zero-order valence-corrected chi connectivity index (χ0v) is 21.2. The third kappa shape index (κ3) is 6.42. The second-order valence-electron chi connectivity index (χ2n) is 7.26. The summed E-state index contributed by atoms with van der Waals surface area (Å²) in [7, 11) is 4.66. The number of pyridine rings is 1. The number of rotatable bonds is 10. The minimum Gasteiger partial charge on any atom is -0.493 e. The molecule has 0 saturated carbocycles. The fourth-order valence-electron chi connectivity index (χ4n) is 3.36. The van der Waals surface area contributed by atoms with Gasteiger partial charge in [0.2, 0.25) is 5.75 Å². The highest BCUT2D eigenvalue weighted by molar-refractivity contribution is 7.99. The van der Waals surface area contributed by atoms with E-state index in [9.17, 15) is 4.79 Å². The van der Waals surface area contributed by atoms with E-state index in [0.29, 0.717) is 33.8 Å². The molecule has 0 saturated heterocycles. The summed E-state index contributed by atoms with van der Waals surface area (Å²) >= 11 is 1.24. The van der Waals surface area contributed by atoms with Crippen LogP contribution in [0.4, 0.5) is 0 Å². The van der Waals surface area contributed by atoms with Crippen LogP contribution in [0.1, 0.15) is 5.56 Å². The second-order valence-corrected chi connectivity index (χ2v) is 8.20. The van der Waals surface area contributed by atoms with Gasteiger partial charge < -0.3 is 19.7 Å². The minimum absolute atomic E-state index is 0. The Morgan fingerprint density at radius 1 is 1.03 bits per heavy atom. The summed E-state index contributed by atoms with van der Waals surface area (Å²) in [5, 5.41) is 13.3. The molecule has 0 aliphatic rings. The highest BCUT2D eigenvalue weighted by Gasteiger charge is 2.21. The highest BCUT2D eigenvalue weighted by Crippen LogP contribution is 2.41. The van der Waals surface area contributed by atoms with Gasteiger partial charge in [0, 0.05) is 29.2 Å². The molecule has 0 bridgehead atoms. The maximum absolute atomic E-state index is 12.4. The third-order valence-electron chi connectivity index (χ3n) is 4.99. The van der Waals surface area contributed by atoms with Crippen molar-refractivity contribution in [3.8, 4) is 34.3 Å². The van der Waals surface area contributed by atoms with Gasteiger partial charge in [-0.15, -0.1) is 10.2 Å². The fourth-order valence-corrected chi connectivity index (χ4v) is 4.11. The van der Waals surface area contributed by atoms with Crippen LogP contribution >= 0.6 is 11.8 Å². The molecule has 2 aromatic carbocycles. The molecule has 37 heavy (non-hydrogen) atoms. The summed E-state index contributed by atoms with van der Waals surface area (Å²) in [5.41, 5.74) is 4.84.